The molecule has 1 aliphatic rings. The molecule has 0 fully saturated rings. The van der Waals surface area contributed by atoms with Crippen molar-refractivity contribution in [2.24, 2.45) is 4.99 Å². The number of amidine groups is 1. The number of anilines is 1. The second kappa shape index (κ2) is 4.52. The Hall–Kier alpha value is -1.70. The van der Waals surface area contributed by atoms with E-state index in [1.54, 1.807) is 0 Å². The molecule has 1 aliphatic heterocycles. The summed E-state index contributed by atoms with van der Waals surface area (Å²) in [5.74, 6) is 0.480. The maximum Gasteiger partial charge on any atom is 0.323 e. The smallest absolute Gasteiger partial charge is 0.266 e. The Morgan fingerprint density at radius 2 is 1.94 bits per heavy atom. The number of aliphatic imine (C=N–C) groups is 1. The Morgan fingerprint density at radius 1 is 1.22 bits per heavy atom. The molecule has 0 atom stereocenters. The Kier molecular flexibility index (Phi) is 3.20. The summed E-state index contributed by atoms with van der Waals surface area (Å²) in [5.41, 5.74) is 2.00. The third kappa shape index (κ3) is 2.28. The highest BCUT2D eigenvalue weighted by molar-refractivity contribution is 7.91. The molecular weight excluding hydrogens is 254 g/mol. The molecule has 1 aromatic heterocycles. The van der Waals surface area contributed by atoms with Crippen molar-refractivity contribution in [2.75, 3.05) is 11.3 Å². The number of hydrogen-bond donors (Lipinski definition) is 2. The van der Waals surface area contributed by atoms with Gasteiger partial charge in [0.15, 0.2) is 11.7 Å². The number of hydrogen-bond acceptors (Lipinski definition) is 5. The third-order valence-electron chi connectivity index (χ3n) is 2.51. The van der Waals surface area contributed by atoms with E-state index in [0.717, 1.165) is 11.4 Å². The first kappa shape index (κ1) is 12.7. The van der Waals surface area contributed by atoms with Crippen molar-refractivity contribution in [3.8, 4) is 0 Å². The molecule has 2 rings (SSSR count). The second-order valence-electron chi connectivity index (χ2n) is 3.84. The molecule has 8 heteroatoms. The van der Waals surface area contributed by atoms with Crippen molar-refractivity contribution in [1.29, 1.82) is 0 Å². The lowest BCUT2D eigenvalue weighted by molar-refractivity contribution is 0.596. The van der Waals surface area contributed by atoms with Gasteiger partial charge in [-0.3, -0.25) is 4.99 Å². The molecule has 0 saturated heterocycles. The maximum atomic E-state index is 11.6. The van der Waals surface area contributed by atoms with Crippen LogP contribution in [0.1, 0.15) is 30.9 Å². The number of nitrogens with zero attached hydrogens (tertiary/aromatic N) is 3. The van der Waals surface area contributed by atoms with E-state index in [1.165, 1.54) is 0 Å². The summed E-state index contributed by atoms with van der Waals surface area (Å²) in [7, 11) is -3.64. The van der Waals surface area contributed by atoms with Crippen molar-refractivity contribution in [3.63, 3.8) is 0 Å². The van der Waals surface area contributed by atoms with Crippen molar-refractivity contribution in [3.05, 3.63) is 17.1 Å². The van der Waals surface area contributed by atoms with E-state index >= 15 is 0 Å². The van der Waals surface area contributed by atoms with Crippen LogP contribution in [0.2, 0.25) is 0 Å². The van der Waals surface area contributed by atoms with Gasteiger partial charge in [0.25, 0.3) is 0 Å². The standard InChI is InChI=1S/C10H15N5O2S/c1-4-7-6(3)12-8-9(11-5-2)14-18(16,17)15-10(8)13-7/h4-5H2,1-3H3,(H,11,14)(H,13,15). The van der Waals surface area contributed by atoms with Gasteiger partial charge in [-0.05, 0) is 20.3 Å². The topological polar surface area (TPSA) is 96.3 Å². The molecule has 0 unspecified atom stereocenters. The van der Waals surface area contributed by atoms with Crippen molar-refractivity contribution in [2.45, 2.75) is 27.2 Å². The van der Waals surface area contributed by atoms with Crippen LogP contribution >= 0.6 is 0 Å². The summed E-state index contributed by atoms with van der Waals surface area (Å²) in [5, 5.41) is 0. The molecule has 1 aromatic rings. The number of fused-ring (bicyclic) bond motifs is 1. The molecule has 0 radical (unpaired) electrons. The Morgan fingerprint density at radius 3 is 2.56 bits per heavy atom. The lowest BCUT2D eigenvalue weighted by Gasteiger charge is -2.21. The first-order valence-electron chi connectivity index (χ1n) is 5.69. The van der Waals surface area contributed by atoms with Gasteiger partial charge < -0.3 is 0 Å². The van der Waals surface area contributed by atoms with Crippen LogP contribution in [0.15, 0.2) is 4.99 Å². The van der Waals surface area contributed by atoms with Gasteiger partial charge in [0, 0.05) is 6.54 Å². The molecule has 7 nitrogen and oxygen atoms in total. The van der Waals surface area contributed by atoms with Gasteiger partial charge >= 0.3 is 10.2 Å². The third-order valence-corrected chi connectivity index (χ3v) is 3.43. The van der Waals surface area contributed by atoms with Gasteiger partial charge in [0.1, 0.15) is 5.69 Å². The molecule has 0 saturated carbocycles. The van der Waals surface area contributed by atoms with Gasteiger partial charge in [-0.2, -0.15) is 8.42 Å². The fraction of sp³-hybridized carbons (Fsp3) is 0.500. The Balaban J connectivity index is 2.63. The number of nitrogens with one attached hydrogen (secondary N) is 2. The molecule has 2 N–H and O–H groups in total. The van der Waals surface area contributed by atoms with E-state index in [1.807, 2.05) is 20.8 Å². The predicted octanol–water partition coefficient (Wildman–Crippen LogP) is 0.374. The Bertz CT molecular complexity index is 609. The Labute approximate surface area is 106 Å². The van der Waals surface area contributed by atoms with Crippen LogP contribution in [0, 0.1) is 6.92 Å². The van der Waals surface area contributed by atoms with Crippen LogP contribution in [0.5, 0.6) is 0 Å². The van der Waals surface area contributed by atoms with Crippen LogP contribution in [-0.2, 0) is 16.6 Å². The van der Waals surface area contributed by atoms with E-state index in [-0.39, 0.29) is 11.7 Å². The molecule has 18 heavy (non-hydrogen) atoms. The van der Waals surface area contributed by atoms with E-state index in [2.05, 4.69) is 24.4 Å². The number of aromatic nitrogens is 2. The summed E-state index contributed by atoms with van der Waals surface area (Å²) >= 11 is 0. The van der Waals surface area contributed by atoms with Crippen molar-refractivity contribution < 1.29 is 8.42 Å². The average Bonchev–Trinajstić information content (AvgIpc) is 2.29. The summed E-state index contributed by atoms with van der Waals surface area (Å²) in [6.07, 6.45) is 0.696. The SMILES string of the molecule is CCN=C1NS(=O)(=O)Nc2nc(CC)c(C)nc21. The van der Waals surface area contributed by atoms with Crippen molar-refractivity contribution >= 4 is 21.9 Å². The van der Waals surface area contributed by atoms with Gasteiger partial charge in [-0.25, -0.2) is 19.4 Å². The van der Waals surface area contributed by atoms with Gasteiger partial charge in [0.05, 0.1) is 11.4 Å². The lowest BCUT2D eigenvalue weighted by Crippen LogP contribution is -2.42. The van der Waals surface area contributed by atoms with Crippen LogP contribution in [-0.4, -0.2) is 30.8 Å². The van der Waals surface area contributed by atoms with Gasteiger partial charge in [0.2, 0.25) is 0 Å². The van der Waals surface area contributed by atoms with Crippen LogP contribution < -0.4 is 9.44 Å². The number of rotatable bonds is 2. The van der Waals surface area contributed by atoms with E-state index in [0.29, 0.717) is 18.7 Å². The normalized spacial score (nSPS) is 18.9. The summed E-state index contributed by atoms with van der Waals surface area (Å²) in [6, 6.07) is 0. The highest BCUT2D eigenvalue weighted by Gasteiger charge is 2.27. The summed E-state index contributed by atoms with van der Waals surface area (Å²) in [6.45, 7) is 6.08. The molecular formula is C10H15N5O2S. The molecule has 0 aliphatic carbocycles. The second-order valence-corrected chi connectivity index (χ2v) is 5.25. The lowest BCUT2D eigenvalue weighted by atomic mass is 10.2. The van der Waals surface area contributed by atoms with E-state index in [4.69, 9.17) is 0 Å². The van der Waals surface area contributed by atoms with Gasteiger partial charge in [-0.1, -0.05) is 6.92 Å². The van der Waals surface area contributed by atoms with Crippen LogP contribution in [0.4, 0.5) is 5.82 Å². The minimum atomic E-state index is -3.64. The highest BCUT2D eigenvalue weighted by atomic mass is 32.2. The van der Waals surface area contributed by atoms with E-state index in [9.17, 15) is 8.42 Å². The minimum absolute atomic E-state index is 0.239. The molecule has 2 heterocycles. The minimum Gasteiger partial charge on any atom is -0.266 e. The molecule has 0 spiro atoms. The first-order valence-corrected chi connectivity index (χ1v) is 7.18. The fourth-order valence-corrected chi connectivity index (χ4v) is 2.58. The molecule has 0 bridgehead atoms. The zero-order valence-corrected chi connectivity index (χ0v) is 11.3. The van der Waals surface area contributed by atoms with E-state index < -0.39 is 10.2 Å². The van der Waals surface area contributed by atoms with Crippen molar-refractivity contribution in [1.82, 2.24) is 14.7 Å². The number of aryl methyl sites for hydroxylation is 2. The van der Waals surface area contributed by atoms with Crippen LogP contribution in [0.25, 0.3) is 0 Å². The largest absolute Gasteiger partial charge is 0.323 e. The molecule has 0 aromatic carbocycles. The first-order chi connectivity index (χ1) is 8.46. The monoisotopic (exact) mass is 269 g/mol. The highest BCUT2D eigenvalue weighted by Crippen LogP contribution is 2.19. The fourth-order valence-electron chi connectivity index (χ4n) is 1.72. The average molecular weight is 269 g/mol. The molecule has 98 valence electrons. The quantitative estimate of drug-likeness (QED) is 0.811. The zero-order valence-electron chi connectivity index (χ0n) is 10.5. The van der Waals surface area contributed by atoms with Gasteiger partial charge in [-0.15, -0.1) is 0 Å². The zero-order chi connectivity index (χ0) is 13.3. The van der Waals surface area contributed by atoms with Crippen LogP contribution in [0.3, 0.4) is 0 Å². The predicted molar refractivity (Wildman–Crippen MR) is 68.9 cm³/mol. The summed E-state index contributed by atoms with van der Waals surface area (Å²) < 4.78 is 27.9. The maximum absolute atomic E-state index is 11.6. The summed E-state index contributed by atoms with van der Waals surface area (Å²) in [4.78, 5) is 12.8. The molecule has 0 amide bonds.